The van der Waals surface area contributed by atoms with Crippen LogP contribution in [-0.2, 0) is 23.3 Å². The van der Waals surface area contributed by atoms with E-state index in [0.29, 0.717) is 6.42 Å². The molecule has 4 rings (SSSR count). The Morgan fingerprint density at radius 1 is 1.21 bits per heavy atom. The van der Waals surface area contributed by atoms with Crippen LogP contribution in [0.1, 0.15) is 43.1 Å². The van der Waals surface area contributed by atoms with Crippen molar-refractivity contribution in [3.05, 3.63) is 41.6 Å². The van der Waals surface area contributed by atoms with Crippen LogP contribution in [-0.4, -0.2) is 64.4 Å². The fourth-order valence-corrected chi connectivity index (χ4v) is 4.65. The van der Waals surface area contributed by atoms with E-state index in [9.17, 15) is 4.79 Å². The van der Waals surface area contributed by atoms with Crippen LogP contribution < -0.4 is 4.90 Å². The fraction of sp³-hybridized carbons (Fsp3) is 0.571. The number of pyridine rings is 1. The van der Waals surface area contributed by atoms with E-state index in [-0.39, 0.29) is 11.4 Å². The number of aromatic nitrogens is 3. The molecular formula is C21H30N6O. The van der Waals surface area contributed by atoms with Gasteiger partial charge in [-0.3, -0.25) is 9.69 Å². The third kappa shape index (κ3) is 3.28. The first-order valence-electron chi connectivity index (χ1n) is 10.2. The number of anilines is 1. The number of likely N-dealkylation sites (tertiary alicyclic amines) is 1. The molecule has 0 aromatic carbocycles. The van der Waals surface area contributed by atoms with Gasteiger partial charge in [-0.05, 0) is 24.5 Å². The van der Waals surface area contributed by atoms with Crippen molar-refractivity contribution in [1.29, 1.82) is 0 Å². The van der Waals surface area contributed by atoms with Crippen LogP contribution in [0.5, 0.6) is 0 Å². The van der Waals surface area contributed by atoms with E-state index in [1.165, 1.54) is 11.3 Å². The lowest BCUT2D eigenvalue weighted by Gasteiger charge is -2.50. The maximum atomic E-state index is 12.7. The molecule has 4 heterocycles. The Hall–Kier alpha value is -2.41. The second-order valence-corrected chi connectivity index (χ2v) is 8.11. The number of hydrogen-bond acceptors (Lipinski definition) is 5. The standard InChI is InChI=1S/C21H30N6O/c1-4-19(28)27-10-7-17-20(24-15-23-17)21(27)8-11-26(12-9-21)14-16-5-6-18(22-13-16)25(2)3/h5-6,13,15H,4,7-12,14H2,1-3H3,(H,23,24). The number of aromatic amines is 1. The first-order chi connectivity index (χ1) is 13.5. The number of fused-ring (bicyclic) bond motifs is 2. The summed E-state index contributed by atoms with van der Waals surface area (Å²) in [5.74, 6) is 1.22. The molecule has 28 heavy (non-hydrogen) atoms. The molecule has 0 radical (unpaired) electrons. The number of carbonyl (C=O) groups is 1. The van der Waals surface area contributed by atoms with Crippen LogP contribution in [0.4, 0.5) is 5.82 Å². The van der Waals surface area contributed by atoms with Crippen molar-refractivity contribution in [2.75, 3.05) is 38.6 Å². The van der Waals surface area contributed by atoms with Gasteiger partial charge in [0.25, 0.3) is 0 Å². The molecule has 7 heteroatoms. The van der Waals surface area contributed by atoms with Crippen molar-refractivity contribution in [3.63, 3.8) is 0 Å². The summed E-state index contributed by atoms with van der Waals surface area (Å²) in [5, 5.41) is 0. The molecule has 7 nitrogen and oxygen atoms in total. The van der Waals surface area contributed by atoms with Gasteiger partial charge in [0.05, 0.1) is 17.6 Å². The number of rotatable bonds is 4. The molecule has 1 saturated heterocycles. The Kier molecular flexibility index (Phi) is 5.10. The zero-order valence-electron chi connectivity index (χ0n) is 17.1. The summed E-state index contributed by atoms with van der Waals surface area (Å²) < 4.78 is 0. The number of imidazole rings is 1. The van der Waals surface area contributed by atoms with Crippen LogP contribution in [0.25, 0.3) is 0 Å². The van der Waals surface area contributed by atoms with E-state index in [1.54, 1.807) is 6.33 Å². The van der Waals surface area contributed by atoms with Crippen molar-refractivity contribution in [2.24, 2.45) is 0 Å². The lowest BCUT2D eigenvalue weighted by atomic mass is 9.78. The topological polar surface area (TPSA) is 68.4 Å². The van der Waals surface area contributed by atoms with E-state index >= 15 is 0 Å². The Morgan fingerprint density at radius 2 is 2.00 bits per heavy atom. The van der Waals surface area contributed by atoms with Crippen molar-refractivity contribution in [2.45, 2.75) is 44.7 Å². The normalized spacial score (nSPS) is 18.9. The minimum atomic E-state index is -0.246. The second-order valence-electron chi connectivity index (χ2n) is 8.11. The first kappa shape index (κ1) is 18.9. The summed E-state index contributed by atoms with van der Waals surface area (Å²) in [5.41, 5.74) is 3.28. The van der Waals surface area contributed by atoms with Crippen molar-refractivity contribution in [3.8, 4) is 0 Å². The van der Waals surface area contributed by atoms with E-state index in [2.05, 4.69) is 36.9 Å². The molecule has 2 aliphatic rings. The zero-order chi connectivity index (χ0) is 19.7. The minimum Gasteiger partial charge on any atom is -0.363 e. The van der Waals surface area contributed by atoms with Gasteiger partial charge in [-0.15, -0.1) is 0 Å². The molecule has 0 unspecified atom stereocenters. The van der Waals surface area contributed by atoms with Crippen LogP contribution in [0.15, 0.2) is 24.7 Å². The number of nitrogens with one attached hydrogen (secondary N) is 1. The highest BCUT2D eigenvalue weighted by atomic mass is 16.2. The minimum absolute atomic E-state index is 0.241. The van der Waals surface area contributed by atoms with Gasteiger partial charge >= 0.3 is 0 Å². The Labute approximate surface area is 166 Å². The average Bonchev–Trinajstić information content (AvgIpc) is 3.20. The van der Waals surface area contributed by atoms with Gasteiger partial charge in [-0.1, -0.05) is 13.0 Å². The number of amides is 1. The molecule has 2 aromatic heterocycles. The fourth-order valence-electron chi connectivity index (χ4n) is 4.65. The van der Waals surface area contributed by atoms with Crippen molar-refractivity contribution < 1.29 is 4.79 Å². The van der Waals surface area contributed by atoms with E-state index < -0.39 is 0 Å². The van der Waals surface area contributed by atoms with E-state index in [4.69, 9.17) is 0 Å². The molecule has 0 aliphatic carbocycles. The summed E-state index contributed by atoms with van der Waals surface area (Å²) in [7, 11) is 4.01. The van der Waals surface area contributed by atoms with Gasteiger partial charge in [0.1, 0.15) is 5.82 Å². The summed E-state index contributed by atoms with van der Waals surface area (Å²) in [4.78, 5) is 31.8. The van der Waals surface area contributed by atoms with Crippen LogP contribution in [0, 0.1) is 0 Å². The van der Waals surface area contributed by atoms with Crippen LogP contribution in [0.3, 0.4) is 0 Å². The molecule has 150 valence electrons. The number of carbonyl (C=O) groups excluding carboxylic acids is 1. The summed E-state index contributed by atoms with van der Waals surface area (Å²) in [6, 6.07) is 4.23. The van der Waals surface area contributed by atoms with Gasteiger partial charge in [0.15, 0.2) is 0 Å². The van der Waals surface area contributed by atoms with Gasteiger partial charge in [-0.2, -0.15) is 0 Å². The van der Waals surface area contributed by atoms with Crippen molar-refractivity contribution >= 4 is 11.7 Å². The summed E-state index contributed by atoms with van der Waals surface area (Å²) in [6.07, 6.45) is 7.04. The van der Waals surface area contributed by atoms with Crippen LogP contribution >= 0.6 is 0 Å². The van der Waals surface area contributed by atoms with Crippen LogP contribution in [0.2, 0.25) is 0 Å². The lowest BCUT2D eigenvalue weighted by Crippen LogP contribution is -2.58. The lowest BCUT2D eigenvalue weighted by molar-refractivity contribution is -0.141. The molecule has 1 fully saturated rings. The second kappa shape index (κ2) is 7.54. The molecule has 1 spiro atoms. The highest BCUT2D eigenvalue weighted by molar-refractivity contribution is 5.77. The molecule has 0 atom stereocenters. The number of H-pyrrole nitrogens is 1. The van der Waals surface area contributed by atoms with Gasteiger partial charge < -0.3 is 14.8 Å². The molecule has 1 amide bonds. The predicted octanol–water partition coefficient (Wildman–Crippen LogP) is 2.16. The predicted molar refractivity (Wildman–Crippen MR) is 109 cm³/mol. The Bertz CT molecular complexity index is 820. The van der Waals surface area contributed by atoms with Gasteiger partial charge in [0.2, 0.25) is 5.91 Å². The maximum Gasteiger partial charge on any atom is 0.223 e. The van der Waals surface area contributed by atoms with Gasteiger partial charge in [-0.25, -0.2) is 9.97 Å². The molecule has 2 aliphatic heterocycles. The zero-order valence-corrected chi connectivity index (χ0v) is 17.1. The highest BCUT2D eigenvalue weighted by Crippen LogP contribution is 2.42. The molecule has 0 bridgehead atoms. The summed E-state index contributed by atoms with van der Waals surface area (Å²) in [6.45, 7) is 5.55. The monoisotopic (exact) mass is 382 g/mol. The quantitative estimate of drug-likeness (QED) is 0.878. The smallest absolute Gasteiger partial charge is 0.223 e. The Balaban J connectivity index is 1.49. The largest absolute Gasteiger partial charge is 0.363 e. The maximum absolute atomic E-state index is 12.7. The first-order valence-corrected chi connectivity index (χ1v) is 10.2. The third-order valence-electron chi connectivity index (χ3n) is 6.22. The Morgan fingerprint density at radius 3 is 2.64 bits per heavy atom. The van der Waals surface area contributed by atoms with E-state index in [1.807, 2.05) is 32.1 Å². The van der Waals surface area contributed by atoms with E-state index in [0.717, 1.165) is 57.0 Å². The molecule has 1 N–H and O–H groups in total. The molecule has 0 saturated carbocycles. The number of piperidine rings is 1. The van der Waals surface area contributed by atoms with Crippen molar-refractivity contribution in [1.82, 2.24) is 24.8 Å². The average molecular weight is 383 g/mol. The third-order valence-corrected chi connectivity index (χ3v) is 6.22. The highest BCUT2D eigenvalue weighted by Gasteiger charge is 2.48. The number of hydrogen-bond donors (Lipinski definition) is 1. The number of nitrogens with zero attached hydrogens (tertiary/aromatic N) is 5. The molecular weight excluding hydrogens is 352 g/mol. The molecule has 2 aromatic rings. The SMILES string of the molecule is CCC(=O)N1CCc2[nH]cnc2C12CCN(Cc1ccc(N(C)C)nc1)CC2. The summed E-state index contributed by atoms with van der Waals surface area (Å²) >= 11 is 0. The van der Waals surface area contributed by atoms with Gasteiger partial charge in [0, 0.05) is 65.0 Å².